The molecule has 2 aliphatic heterocycles. The Labute approximate surface area is 103 Å². The van der Waals surface area contributed by atoms with E-state index in [1.807, 2.05) is 4.90 Å². The lowest BCUT2D eigenvalue weighted by atomic mass is 10.2. The molecule has 3 rings (SSSR count). The second-order valence-electron chi connectivity index (χ2n) is 4.28. The maximum absolute atomic E-state index is 13.6. The molecule has 1 saturated heterocycles. The van der Waals surface area contributed by atoms with Crippen molar-refractivity contribution in [1.29, 1.82) is 0 Å². The lowest BCUT2D eigenvalue weighted by Crippen LogP contribution is -2.44. The Bertz CT molecular complexity index is 462. The molecule has 6 heteroatoms. The zero-order valence-corrected chi connectivity index (χ0v) is 9.84. The van der Waals surface area contributed by atoms with Crippen LogP contribution in [0.5, 0.6) is 11.5 Å². The van der Waals surface area contributed by atoms with Gasteiger partial charge in [-0.1, -0.05) is 0 Å². The third-order valence-corrected chi connectivity index (χ3v) is 3.15. The first-order valence-electron chi connectivity index (χ1n) is 6.00. The molecule has 0 amide bonds. The summed E-state index contributed by atoms with van der Waals surface area (Å²) in [7, 11) is 0. The number of nitrogens with one attached hydrogen (secondary N) is 1. The van der Waals surface area contributed by atoms with Gasteiger partial charge in [-0.2, -0.15) is 4.39 Å². The molecule has 4 nitrogen and oxygen atoms in total. The van der Waals surface area contributed by atoms with Gasteiger partial charge in [-0.05, 0) is 0 Å². The van der Waals surface area contributed by atoms with Crippen molar-refractivity contribution >= 4 is 5.69 Å². The van der Waals surface area contributed by atoms with Gasteiger partial charge in [0, 0.05) is 32.2 Å². The smallest absolute Gasteiger partial charge is 0.204 e. The first-order chi connectivity index (χ1) is 8.77. The van der Waals surface area contributed by atoms with E-state index in [2.05, 4.69) is 5.32 Å². The highest BCUT2D eigenvalue weighted by Crippen LogP contribution is 2.42. The van der Waals surface area contributed by atoms with Gasteiger partial charge in [0.05, 0.1) is 5.69 Å². The number of halogens is 2. The summed E-state index contributed by atoms with van der Waals surface area (Å²) in [5.74, 6) is -1.65. The standard InChI is InChI=1S/C12H14F2N2O2/c13-8-7-9(16-3-1-15-2-4-16)11-12(10(8)14)18-6-5-17-11/h7,15H,1-6H2. The van der Waals surface area contributed by atoms with Gasteiger partial charge in [-0.25, -0.2) is 4.39 Å². The average molecular weight is 256 g/mol. The highest BCUT2D eigenvalue weighted by Gasteiger charge is 2.27. The summed E-state index contributed by atoms with van der Waals surface area (Å²) >= 11 is 0. The van der Waals surface area contributed by atoms with Crippen molar-refractivity contribution in [3.63, 3.8) is 0 Å². The number of benzene rings is 1. The van der Waals surface area contributed by atoms with Crippen molar-refractivity contribution in [2.45, 2.75) is 0 Å². The number of hydrogen-bond donors (Lipinski definition) is 1. The second kappa shape index (κ2) is 4.61. The summed E-state index contributed by atoms with van der Waals surface area (Å²) in [5.41, 5.74) is 0.574. The van der Waals surface area contributed by atoms with Gasteiger partial charge < -0.3 is 19.7 Å². The van der Waals surface area contributed by atoms with Crippen LogP contribution in [0.4, 0.5) is 14.5 Å². The summed E-state index contributed by atoms with van der Waals surface area (Å²) in [6.45, 7) is 3.70. The molecule has 0 bridgehead atoms. The van der Waals surface area contributed by atoms with Gasteiger partial charge >= 0.3 is 0 Å². The van der Waals surface area contributed by atoms with E-state index in [0.717, 1.165) is 26.2 Å². The third-order valence-electron chi connectivity index (χ3n) is 3.15. The largest absolute Gasteiger partial charge is 0.484 e. The van der Waals surface area contributed by atoms with Gasteiger partial charge in [0.25, 0.3) is 0 Å². The average Bonchev–Trinajstić information content (AvgIpc) is 2.44. The SMILES string of the molecule is Fc1cc(N2CCNCC2)c2c(c1F)OCCO2. The Balaban J connectivity index is 2.05. The Morgan fingerprint density at radius 1 is 1.06 bits per heavy atom. The van der Waals surface area contributed by atoms with E-state index in [9.17, 15) is 8.78 Å². The molecular weight excluding hydrogens is 242 g/mol. The molecule has 2 aliphatic rings. The van der Waals surface area contributed by atoms with Gasteiger partial charge in [-0.15, -0.1) is 0 Å². The first kappa shape index (κ1) is 11.5. The Morgan fingerprint density at radius 2 is 1.72 bits per heavy atom. The van der Waals surface area contributed by atoms with Gasteiger partial charge in [-0.3, -0.25) is 0 Å². The summed E-state index contributed by atoms with van der Waals surface area (Å²) < 4.78 is 37.8. The molecule has 0 radical (unpaired) electrons. The minimum atomic E-state index is -0.969. The maximum Gasteiger partial charge on any atom is 0.204 e. The van der Waals surface area contributed by atoms with E-state index in [0.29, 0.717) is 18.0 Å². The molecule has 1 aromatic rings. The number of hydrogen-bond acceptors (Lipinski definition) is 4. The predicted octanol–water partition coefficient (Wildman–Crippen LogP) is 1.15. The van der Waals surface area contributed by atoms with Gasteiger partial charge in [0.1, 0.15) is 13.2 Å². The van der Waals surface area contributed by atoms with Crippen LogP contribution in [0.25, 0.3) is 0 Å². The summed E-state index contributed by atoms with van der Waals surface area (Å²) in [6, 6.07) is 1.19. The quantitative estimate of drug-likeness (QED) is 0.817. The predicted molar refractivity (Wildman–Crippen MR) is 62.4 cm³/mol. The van der Waals surface area contributed by atoms with Crippen LogP contribution in [-0.4, -0.2) is 39.4 Å². The topological polar surface area (TPSA) is 33.7 Å². The van der Waals surface area contributed by atoms with Crippen molar-refractivity contribution in [1.82, 2.24) is 5.32 Å². The molecule has 0 spiro atoms. The van der Waals surface area contributed by atoms with E-state index in [1.165, 1.54) is 6.07 Å². The molecule has 1 N–H and O–H groups in total. The molecular formula is C12H14F2N2O2. The van der Waals surface area contributed by atoms with E-state index >= 15 is 0 Å². The first-order valence-corrected chi connectivity index (χ1v) is 6.00. The molecule has 0 saturated carbocycles. The molecule has 18 heavy (non-hydrogen) atoms. The van der Waals surface area contributed by atoms with Crippen molar-refractivity contribution in [2.75, 3.05) is 44.3 Å². The number of ether oxygens (including phenoxy) is 2. The minimum absolute atomic E-state index is 0.102. The summed E-state index contributed by atoms with van der Waals surface area (Å²) in [4.78, 5) is 1.98. The molecule has 0 unspecified atom stereocenters. The second-order valence-corrected chi connectivity index (χ2v) is 4.28. The van der Waals surface area contributed by atoms with Crippen LogP contribution in [-0.2, 0) is 0 Å². The molecule has 0 atom stereocenters. The van der Waals surface area contributed by atoms with Crippen LogP contribution >= 0.6 is 0 Å². The molecule has 1 aromatic carbocycles. The number of anilines is 1. The minimum Gasteiger partial charge on any atom is -0.484 e. The van der Waals surface area contributed by atoms with E-state index < -0.39 is 11.6 Å². The van der Waals surface area contributed by atoms with E-state index in [4.69, 9.17) is 9.47 Å². The van der Waals surface area contributed by atoms with Crippen molar-refractivity contribution in [2.24, 2.45) is 0 Å². The lowest BCUT2D eigenvalue weighted by molar-refractivity contribution is 0.162. The third kappa shape index (κ3) is 1.86. The van der Waals surface area contributed by atoms with Crippen LogP contribution in [0, 0.1) is 11.6 Å². The lowest BCUT2D eigenvalue weighted by Gasteiger charge is -2.32. The highest BCUT2D eigenvalue weighted by molar-refractivity contribution is 5.66. The number of nitrogens with zero attached hydrogens (tertiary/aromatic N) is 1. The number of piperazine rings is 1. The Hall–Kier alpha value is -1.56. The fourth-order valence-electron chi connectivity index (χ4n) is 2.27. The fourth-order valence-corrected chi connectivity index (χ4v) is 2.27. The normalized spacial score (nSPS) is 18.9. The molecule has 2 heterocycles. The highest BCUT2D eigenvalue weighted by atomic mass is 19.2. The van der Waals surface area contributed by atoms with Crippen LogP contribution in [0.1, 0.15) is 0 Å². The van der Waals surface area contributed by atoms with Crippen LogP contribution in [0.2, 0.25) is 0 Å². The van der Waals surface area contributed by atoms with Crippen LogP contribution in [0.3, 0.4) is 0 Å². The van der Waals surface area contributed by atoms with Crippen LogP contribution in [0.15, 0.2) is 6.07 Å². The monoisotopic (exact) mass is 256 g/mol. The Morgan fingerprint density at radius 3 is 2.44 bits per heavy atom. The molecule has 0 aliphatic carbocycles. The van der Waals surface area contributed by atoms with E-state index in [1.54, 1.807) is 0 Å². The molecule has 0 aromatic heterocycles. The summed E-state index contributed by atoms with van der Waals surface area (Å²) in [5, 5.41) is 3.21. The molecule has 1 fully saturated rings. The number of rotatable bonds is 1. The Kier molecular flexibility index (Phi) is 2.95. The van der Waals surface area contributed by atoms with Crippen molar-refractivity contribution in [3.05, 3.63) is 17.7 Å². The van der Waals surface area contributed by atoms with E-state index in [-0.39, 0.29) is 12.4 Å². The molecule has 98 valence electrons. The maximum atomic E-state index is 13.6. The van der Waals surface area contributed by atoms with Crippen LogP contribution < -0.4 is 19.7 Å². The fraction of sp³-hybridized carbons (Fsp3) is 0.500. The van der Waals surface area contributed by atoms with Gasteiger partial charge in [0.2, 0.25) is 11.6 Å². The summed E-state index contributed by atoms with van der Waals surface area (Å²) in [6.07, 6.45) is 0. The van der Waals surface area contributed by atoms with Crippen molar-refractivity contribution < 1.29 is 18.3 Å². The van der Waals surface area contributed by atoms with Gasteiger partial charge in [0.15, 0.2) is 11.6 Å². The zero-order valence-electron chi connectivity index (χ0n) is 9.84. The number of fused-ring (bicyclic) bond motifs is 1. The zero-order chi connectivity index (χ0) is 12.5. The van der Waals surface area contributed by atoms with Crippen molar-refractivity contribution in [3.8, 4) is 11.5 Å².